The van der Waals surface area contributed by atoms with E-state index in [-0.39, 0.29) is 18.6 Å². The van der Waals surface area contributed by atoms with Crippen molar-refractivity contribution in [3.8, 4) is 28.6 Å². The largest absolute Gasteiger partial charge is 0.484 e. The molecule has 0 aliphatic rings. The van der Waals surface area contributed by atoms with Crippen molar-refractivity contribution in [3.63, 3.8) is 0 Å². The Labute approximate surface area is 152 Å². The first-order chi connectivity index (χ1) is 12.5. The molecule has 26 heavy (non-hydrogen) atoms. The van der Waals surface area contributed by atoms with Gasteiger partial charge in [-0.05, 0) is 45.0 Å². The lowest BCUT2D eigenvalue weighted by atomic mass is 10.1. The molecule has 0 aliphatic heterocycles. The highest BCUT2D eigenvalue weighted by molar-refractivity contribution is 5.77. The SMILES string of the molecule is Cc1ccc(-c2nc(-c3cccc(OCC(=O)NC(C)C)c3)no2)cc1. The Balaban J connectivity index is 1.72. The van der Waals surface area contributed by atoms with Gasteiger partial charge in [-0.2, -0.15) is 4.98 Å². The van der Waals surface area contributed by atoms with Crippen molar-refractivity contribution in [2.24, 2.45) is 0 Å². The summed E-state index contributed by atoms with van der Waals surface area (Å²) < 4.78 is 10.9. The van der Waals surface area contributed by atoms with Gasteiger partial charge in [-0.25, -0.2) is 0 Å². The van der Waals surface area contributed by atoms with E-state index in [0.29, 0.717) is 17.5 Å². The lowest BCUT2D eigenvalue weighted by Gasteiger charge is -2.10. The molecule has 0 spiro atoms. The summed E-state index contributed by atoms with van der Waals surface area (Å²) in [5.74, 6) is 1.34. The van der Waals surface area contributed by atoms with Crippen molar-refractivity contribution in [1.82, 2.24) is 15.5 Å². The number of hydrogen-bond acceptors (Lipinski definition) is 5. The van der Waals surface area contributed by atoms with Crippen LogP contribution in [-0.4, -0.2) is 28.7 Å². The molecule has 3 rings (SSSR count). The Morgan fingerprint density at radius 2 is 1.92 bits per heavy atom. The third-order valence-electron chi connectivity index (χ3n) is 3.64. The van der Waals surface area contributed by atoms with Crippen molar-refractivity contribution < 1.29 is 14.1 Å². The molecule has 134 valence electrons. The van der Waals surface area contributed by atoms with E-state index in [9.17, 15) is 4.79 Å². The zero-order chi connectivity index (χ0) is 18.5. The topological polar surface area (TPSA) is 77.2 Å². The van der Waals surface area contributed by atoms with Crippen LogP contribution >= 0.6 is 0 Å². The van der Waals surface area contributed by atoms with Crippen LogP contribution in [0.25, 0.3) is 22.8 Å². The smallest absolute Gasteiger partial charge is 0.258 e. The number of nitrogens with one attached hydrogen (secondary N) is 1. The summed E-state index contributed by atoms with van der Waals surface area (Å²) in [5.41, 5.74) is 2.79. The van der Waals surface area contributed by atoms with Crippen molar-refractivity contribution in [2.45, 2.75) is 26.8 Å². The third-order valence-corrected chi connectivity index (χ3v) is 3.64. The first-order valence-electron chi connectivity index (χ1n) is 8.44. The van der Waals surface area contributed by atoms with Crippen molar-refractivity contribution in [1.29, 1.82) is 0 Å². The Kier molecular flexibility index (Phi) is 5.31. The fourth-order valence-corrected chi connectivity index (χ4v) is 2.39. The Hall–Kier alpha value is -3.15. The maximum Gasteiger partial charge on any atom is 0.258 e. The van der Waals surface area contributed by atoms with Gasteiger partial charge in [-0.15, -0.1) is 0 Å². The average Bonchev–Trinajstić information content (AvgIpc) is 3.10. The summed E-state index contributed by atoms with van der Waals surface area (Å²) in [7, 11) is 0. The summed E-state index contributed by atoms with van der Waals surface area (Å²) in [5, 5.41) is 6.82. The van der Waals surface area contributed by atoms with Crippen LogP contribution in [0.15, 0.2) is 53.1 Å². The monoisotopic (exact) mass is 351 g/mol. The zero-order valence-electron chi connectivity index (χ0n) is 15.0. The highest BCUT2D eigenvalue weighted by Gasteiger charge is 2.12. The van der Waals surface area contributed by atoms with E-state index in [1.807, 2.05) is 57.2 Å². The lowest BCUT2D eigenvalue weighted by molar-refractivity contribution is -0.123. The molecule has 0 bridgehead atoms. The molecule has 0 radical (unpaired) electrons. The summed E-state index contributed by atoms with van der Waals surface area (Å²) in [6, 6.07) is 15.2. The molecule has 0 aliphatic carbocycles. The average molecular weight is 351 g/mol. The molecule has 0 saturated carbocycles. The number of hydrogen-bond donors (Lipinski definition) is 1. The lowest BCUT2D eigenvalue weighted by Crippen LogP contribution is -2.34. The normalized spacial score (nSPS) is 10.8. The van der Waals surface area contributed by atoms with E-state index >= 15 is 0 Å². The van der Waals surface area contributed by atoms with Gasteiger partial charge < -0.3 is 14.6 Å². The number of carbonyl (C=O) groups is 1. The van der Waals surface area contributed by atoms with Crippen LogP contribution in [-0.2, 0) is 4.79 Å². The molecular formula is C20H21N3O3. The van der Waals surface area contributed by atoms with Gasteiger partial charge in [0.05, 0.1) is 0 Å². The van der Waals surface area contributed by atoms with E-state index in [1.165, 1.54) is 5.56 Å². The minimum absolute atomic E-state index is 0.0392. The predicted molar refractivity (Wildman–Crippen MR) is 98.7 cm³/mol. The number of rotatable bonds is 6. The predicted octanol–water partition coefficient (Wildman–Crippen LogP) is 3.62. The fourth-order valence-electron chi connectivity index (χ4n) is 2.39. The number of aryl methyl sites for hydroxylation is 1. The van der Waals surface area contributed by atoms with Crippen LogP contribution in [0.2, 0.25) is 0 Å². The zero-order valence-corrected chi connectivity index (χ0v) is 15.0. The van der Waals surface area contributed by atoms with Crippen molar-refractivity contribution >= 4 is 5.91 Å². The first kappa shape index (κ1) is 17.7. The van der Waals surface area contributed by atoms with E-state index < -0.39 is 0 Å². The number of carbonyl (C=O) groups excluding carboxylic acids is 1. The molecule has 0 unspecified atom stereocenters. The molecule has 1 N–H and O–H groups in total. The highest BCUT2D eigenvalue weighted by atomic mass is 16.5. The molecule has 6 heteroatoms. The van der Waals surface area contributed by atoms with E-state index in [1.54, 1.807) is 12.1 Å². The second-order valence-corrected chi connectivity index (χ2v) is 6.33. The number of benzene rings is 2. The first-order valence-corrected chi connectivity index (χ1v) is 8.44. The van der Waals surface area contributed by atoms with Gasteiger partial charge in [0.2, 0.25) is 5.82 Å². The van der Waals surface area contributed by atoms with Gasteiger partial charge in [0.15, 0.2) is 6.61 Å². The van der Waals surface area contributed by atoms with Gasteiger partial charge in [0.1, 0.15) is 5.75 Å². The number of ether oxygens (including phenoxy) is 1. The third kappa shape index (κ3) is 4.47. The Bertz CT molecular complexity index is 885. The van der Waals surface area contributed by atoms with Gasteiger partial charge in [0, 0.05) is 17.2 Å². The minimum Gasteiger partial charge on any atom is -0.484 e. The molecule has 2 aromatic carbocycles. The van der Waals surface area contributed by atoms with Crippen LogP contribution < -0.4 is 10.1 Å². The van der Waals surface area contributed by atoms with E-state index in [4.69, 9.17) is 9.26 Å². The van der Waals surface area contributed by atoms with Crippen LogP contribution in [0.3, 0.4) is 0 Å². The summed E-state index contributed by atoms with van der Waals surface area (Å²) in [6.45, 7) is 5.79. The molecular weight excluding hydrogens is 330 g/mol. The summed E-state index contributed by atoms with van der Waals surface area (Å²) in [6.07, 6.45) is 0. The van der Waals surface area contributed by atoms with E-state index in [2.05, 4.69) is 15.5 Å². The number of nitrogens with zero attached hydrogens (tertiary/aromatic N) is 2. The van der Waals surface area contributed by atoms with Crippen LogP contribution in [0.4, 0.5) is 0 Å². The number of amides is 1. The second-order valence-electron chi connectivity index (χ2n) is 6.33. The highest BCUT2D eigenvalue weighted by Crippen LogP contribution is 2.25. The molecule has 0 fully saturated rings. The van der Waals surface area contributed by atoms with Crippen LogP contribution in [0.5, 0.6) is 5.75 Å². The van der Waals surface area contributed by atoms with E-state index in [0.717, 1.165) is 11.1 Å². The van der Waals surface area contributed by atoms with Gasteiger partial charge in [-0.3, -0.25) is 4.79 Å². The molecule has 1 amide bonds. The molecule has 0 saturated heterocycles. The minimum atomic E-state index is -0.161. The molecule has 1 heterocycles. The molecule has 3 aromatic rings. The van der Waals surface area contributed by atoms with Crippen molar-refractivity contribution in [2.75, 3.05) is 6.61 Å². The fraction of sp³-hybridized carbons (Fsp3) is 0.250. The van der Waals surface area contributed by atoms with Gasteiger partial charge in [-0.1, -0.05) is 35.0 Å². The van der Waals surface area contributed by atoms with Gasteiger partial charge in [0.25, 0.3) is 11.8 Å². The molecule has 0 atom stereocenters. The maximum absolute atomic E-state index is 11.7. The Morgan fingerprint density at radius 1 is 1.15 bits per heavy atom. The quantitative estimate of drug-likeness (QED) is 0.734. The van der Waals surface area contributed by atoms with Gasteiger partial charge >= 0.3 is 0 Å². The molecule has 6 nitrogen and oxygen atoms in total. The second kappa shape index (κ2) is 7.82. The van der Waals surface area contributed by atoms with Crippen LogP contribution in [0.1, 0.15) is 19.4 Å². The van der Waals surface area contributed by atoms with Crippen molar-refractivity contribution in [3.05, 3.63) is 54.1 Å². The standard InChI is InChI=1S/C20H21N3O3/c1-13(2)21-18(24)12-25-17-6-4-5-16(11-17)19-22-20(26-23-19)15-9-7-14(3)8-10-15/h4-11,13H,12H2,1-3H3,(H,21,24). The molecule has 1 aromatic heterocycles. The summed E-state index contributed by atoms with van der Waals surface area (Å²) >= 11 is 0. The maximum atomic E-state index is 11.7. The number of aromatic nitrogens is 2. The Morgan fingerprint density at radius 3 is 2.65 bits per heavy atom. The van der Waals surface area contributed by atoms with Crippen LogP contribution in [0, 0.1) is 6.92 Å². The summed E-state index contributed by atoms with van der Waals surface area (Å²) in [4.78, 5) is 16.1.